The minimum atomic E-state index is -2.65. The van der Waals surface area contributed by atoms with Gasteiger partial charge in [-0.3, -0.25) is 0 Å². The van der Waals surface area contributed by atoms with Gasteiger partial charge in [-0.25, -0.2) is 0 Å². The van der Waals surface area contributed by atoms with Gasteiger partial charge in [0.25, 0.3) is 8.32 Å². The predicted molar refractivity (Wildman–Crippen MR) is 160 cm³/mol. The van der Waals surface area contributed by atoms with Crippen LogP contribution in [0.1, 0.15) is 40.2 Å². The molecular formula is C32H45ClHgO2Si2. The van der Waals surface area contributed by atoms with Crippen LogP contribution in [0.15, 0.2) is 91.0 Å². The molecule has 0 aliphatic rings. The van der Waals surface area contributed by atoms with Crippen molar-refractivity contribution < 1.29 is 49.2 Å². The zero-order chi connectivity index (χ0) is 26.5. The fourth-order valence-corrected chi connectivity index (χ4v) is 10.4. The fourth-order valence-electron chi connectivity index (χ4n) is 5.02. The summed E-state index contributed by atoms with van der Waals surface area (Å²) in [6, 6.07) is 33.4. The summed E-state index contributed by atoms with van der Waals surface area (Å²) >= 11 is 0. The van der Waals surface area contributed by atoms with Crippen LogP contribution in [-0.4, -0.2) is 29.1 Å². The van der Waals surface area contributed by atoms with E-state index in [1.807, 2.05) is 0 Å². The SMILES string of the molecule is C[C@@H]([CH][C@@](C)(OCC[Si](C)(C)C)c1ccccc1)O[Si](c1ccccc1)(c1ccccc1)C(C)(C)C.[Cl-].[Hg+]. The molecule has 3 rings (SSSR count). The van der Waals surface area contributed by atoms with Crippen molar-refractivity contribution in [3.8, 4) is 0 Å². The maximum Gasteiger partial charge on any atom is 1.00 e. The first-order chi connectivity index (χ1) is 16.9. The van der Waals surface area contributed by atoms with E-state index >= 15 is 0 Å². The zero-order valence-electron chi connectivity index (χ0n) is 24.6. The Hall–Kier alpha value is -0.761. The number of benzene rings is 3. The Morgan fingerprint density at radius 3 is 1.55 bits per heavy atom. The van der Waals surface area contributed by atoms with E-state index in [1.54, 1.807) is 0 Å². The van der Waals surface area contributed by atoms with E-state index in [0.717, 1.165) is 12.7 Å². The molecule has 0 aromatic heterocycles. The third kappa shape index (κ3) is 8.87. The number of rotatable bonds is 11. The fraction of sp³-hybridized carbons (Fsp3) is 0.406. The molecule has 0 unspecified atom stereocenters. The molecule has 0 heterocycles. The Labute approximate surface area is 261 Å². The van der Waals surface area contributed by atoms with Gasteiger partial charge in [0, 0.05) is 27.2 Å². The molecule has 2 nitrogen and oxygen atoms in total. The Balaban J connectivity index is 0.00000361. The minimum absolute atomic E-state index is 0. The van der Waals surface area contributed by atoms with E-state index in [-0.39, 0.29) is 51.2 Å². The summed E-state index contributed by atoms with van der Waals surface area (Å²) in [5, 5.41) is 2.52. The van der Waals surface area contributed by atoms with Gasteiger partial charge < -0.3 is 21.6 Å². The second-order valence-corrected chi connectivity index (χ2v) is 22.2. The summed E-state index contributed by atoms with van der Waals surface area (Å²) in [6.45, 7) is 19.3. The average Bonchev–Trinajstić information content (AvgIpc) is 2.82. The van der Waals surface area contributed by atoms with Gasteiger partial charge in [0.1, 0.15) is 0 Å². The summed E-state index contributed by atoms with van der Waals surface area (Å²) < 4.78 is 14.0. The summed E-state index contributed by atoms with van der Waals surface area (Å²) in [7, 11) is -3.87. The quantitative estimate of drug-likeness (QED) is 0.270. The van der Waals surface area contributed by atoms with Gasteiger partial charge >= 0.3 is 27.7 Å². The van der Waals surface area contributed by atoms with Crippen molar-refractivity contribution in [2.45, 2.75) is 77.0 Å². The van der Waals surface area contributed by atoms with Crippen LogP contribution in [0.25, 0.3) is 0 Å². The van der Waals surface area contributed by atoms with E-state index in [4.69, 9.17) is 9.16 Å². The standard InChI is InChI=1S/C32H45O2Si2.ClH.Hg/c1-27(26-32(5,28-18-12-9-13-19-28)33-24-25-35(6,7)8)34-36(31(2,3)4,29-20-14-10-15-21-29)30-22-16-11-17-23-30;;/h9-23,26-27H,24-25H2,1-8H3;1H;/q;;+1/p-1/t27-,32+;;/m0../s1. The van der Waals surface area contributed by atoms with Crippen molar-refractivity contribution in [3.63, 3.8) is 0 Å². The molecule has 0 aliphatic heterocycles. The molecule has 2 radical (unpaired) electrons. The first-order valence-corrected chi connectivity index (χ1v) is 18.8. The van der Waals surface area contributed by atoms with Gasteiger partial charge in [-0.05, 0) is 40.9 Å². The first-order valence-electron chi connectivity index (χ1n) is 13.2. The molecule has 202 valence electrons. The molecule has 6 heteroatoms. The van der Waals surface area contributed by atoms with Crippen LogP contribution in [-0.2, 0) is 42.4 Å². The number of hydrogen-bond acceptors (Lipinski definition) is 2. The molecule has 0 amide bonds. The van der Waals surface area contributed by atoms with Crippen molar-refractivity contribution in [3.05, 3.63) is 103 Å². The van der Waals surface area contributed by atoms with E-state index in [2.05, 4.69) is 152 Å². The monoisotopic (exact) mass is 754 g/mol. The molecule has 0 bridgehead atoms. The van der Waals surface area contributed by atoms with E-state index in [1.165, 1.54) is 15.9 Å². The maximum atomic E-state index is 7.35. The molecule has 38 heavy (non-hydrogen) atoms. The molecule has 0 spiro atoms. The van der Waals surface area contributed by atoms with Crippen molar-refractivity contribution in [1.29, 1.82) is 0 Å². The molecule has 0 fully saturated rings. The molecule has 3 aromatic rings. The van der Waals surface area contributed by atoms with Gasteiger partial charge in [-0.15, -0.1) is 0 Å². The second-order valence-electron chi connectivity index (χ2n) is 12.3. The molecule has 2 atom stereocenters. The Bertz CT molecular complexity index is 1030. The third-order valence-corrected chi connectivity index (χ3v) is 13.8. The minimum Gasteiger partial charge on any atom is -1.00 e. The van der Waals surface area contributed by atoms with Gasteiger partial charge in [-0.1, -0.05) is 131 Å². The van der Waals surface area contributed by atoms with Crippen LogP contribution >= 0.6 is 0 Å². The summed E-state index contributed by atoms with van der Waals surface area (Å²) in [5.41, 5.74) is 0.629. The largest absolute Gasteiger partial charge is 1.00 e. The Morgan fingerprint density at radius 1 is 0.737 bits per heavy atom. The van der Waals surface area contributed by atoms with Crippen LogP contribution < -0.4 is 22.8 Å². The van der Waals surface area contributed by atoms with Gasteiger partial charge in [0.2, 0.25) is 0 Å². The maximum absolute atomic E-state index is 7.35. The number of halogens is 1. The van der Waals surface area contributed by atoms with Crippen molar-refractivity contribution in [2.24, 2.45) is 0 Å². The van der Waals surface area contributed by atoms with E-state index in [9.17, 15) is 0 Å². The van der Waals surface area contributed by atoms with Gasteiger partial charge in [0.15, 0.2) is 0 Å². The average molecular weight is 754 g/mol. The van der Waals surface area contributed by atoms with Gasteiger partial charge in [-0.2, -0.15) is 0 Å². The Kier molecular flexibility index (Phi) is 13.7. The normalized spacial score (nSPS) is 14.5. The molecule has 0 saturated heterocycles. The summed E-state index contributed by atoms with van der Waals surface area (Å²) in [5.74, 6) is 0. The predicted octanol–water partition coefficient (Wildman–Crippen LogP) is 4.43. The first kappa shape index (κ1) is 35.3. The van der Waals surface area contributed by atoms with Crippen LogP contribution in [0.3, 0.4) is 0 Å². The van der Waals surface area contributed by atoms with Crippen LogP contribution in [0, 0.1) is 6.42 Å². The van der Waals surface area contributed by atoms with Crippen LogP contribution in [0.2, 0.25) is 30.7 Å². The van der Waals surface area contributed by atoms with Crippen LogP contribution in [0.4, 0.5) is 0 Å². The molecule has 0 N–H and O–H groups in total. The topological polar surface area (TPSA) is 18.5 Å². The Morgan fingerprint density at radius 2 is 1.16 bits per heavy atom. The molecular weight excluding hydrogens is 709 g/mol. The molecule has 0 saturated carbocycles. The van der Waals surface area contributed by atoms with E-state index < -0.39 is 22.0 Å². The third-order valence-electron chi connectivity index (χ3n) is 6.93. The zero-order valence-corrected chi connectivity index (χ0v) is 32.9. The number of hydrogen-bond donors (Lipinski definition) is 0. The summed E-state index contributed by atoms with van der Waals surface area (Å²) in [4.78, 5) is 0. The van der Waals surface area contributed by atoms with E-state index in [0.29, 0.717) is 0 Å². The smallest absolute Gasteiger partial charge is 1.00 e. The van der Waals surface area contributed by atoms with Crippen LogP contribution in [0.5, 0.6) is 0 Å². The molecule has 0 aliphatic carbocycles. The van der Waals surface area contributed by atoms with Crippen molar-refractivity contribution in [2.75, 3.05) is 6.61 Å². The number of ether oxygens (including phenoxy) is 1. The van der Waals surface area contributed by atoms with Crippen molar-refractivity contribution in [1.82, 2.24) is 0 Å². The second kappa shape index (κ2) is 14.7. The molecule has 3 aromatic carbocycles. The summed E-state index contributed by atoms with van der Waals surface area (Å²) in [6.07, 6.45) is 2.17. The van der Waals surface area contributed by atoms with Gasteiger partial charge in [0.05, 0.1) is 5.60 Å². The van der Waals surface area contributed by atoms with Crippen molar-refractivity contribution >= 4 is 26.8 Å².